The summed E-state index contributed by atoms with van der Waals surface area (Å²) in [7, 11) is 0. The van der Waals surface area contributed by atoms with Gasteiger partial charge < -0.3 is 20.8 Å². The largest absolute Gasteiger partial charge is 0.508 e. The molecular weight excluding hydrogens is 420 g/mol. The molecule has 2 rings (SSSR count). The number of carbonyl (C=O) groups excluding carboxylic acids is 2. The van der Waals surface area contributed by atoms with Gasteiger partial charge in [0.2, 0.25) is 0 Å². The lowest BCUT2D eigenvalue weighted by atomic mass is 10.2. The molecule has 6 nitrogen and oxygen atoms in total. The van der Waals surface area contributed by atoms with Crippen molar-refractivity contribution in [1.82, 2.24) is 10.6 Å². The van der Waals surface area contributed by atoms with Gasteiger partial charge in [-0.15, -0.1) is 23.5 Å². The average molecular weight is 449 g/mol. The Balaban J connectivity index is 1.53. The van der Waals surface area contributed by atoms with Gasteiger partial charge in [0, 0.05) is 22.9 Å². The topological polar surface area (TPSA) is 98.7 Å². The van der Waals surface area contributed by atoms with Crippen molar-refractivity contribution >= 4 is 35.3 Å². The highest BCUT2D eigenvalue weighted by Gasteiger charge is 2.11. The lowest BCUT2D eigenvalue weighted by molar-refractivity contribution is -0.139. The first-order valence-electron chi connectivity index (χ1n) is 9.77. The highest BCUT2D eigenvalue weighted by Crippen LogP contribution is 2.25. The minimum absolute atomic E-state index is 0.284. The highest BCUT2D eigenvalue weighted by atomic mass is 32.2. The van der Waals surface area contributed by atoms with Crippen LogP contribution in [-0.2, 0) is 9.59 Å². The maximum absolute atomic E-state index is 11.8. The number of rotatable bonds is 10. The summed E-state index contributed by atoms with van der Waals surface area (Å²) in [5.74, 6) is 0.961. The molecule has 2 aromatic rings. The molecule has 0 aliphatic heterocycles. The third kappa shape index (κ3) is 8.20. The quantitative estimate of drug-likeness (QED) is 0.252. The molecule has 0 heterocycles. The van der Waals surface area contributed by atoms with Crippen LogP contribution in [0.5, 0.6) is 11.5 Å². The predicted molar refractivity (Wildman–Crippen MR) is 122 cm³/mol. The molecule has 0 aliphatic carbocycles. The molecule has 0 unspecified atom stereocenters. The first-order chi connectivity index (χ1) is 14.4. The number of benzene rings is 2. The Bertz CT molecular complexity index is 803. The second-order valence-corrected chi connectivity index (χ2v) is 9.15. The summed E-state index contributed by atoms with van der Waals surface area (Å²) in [6.45, 7) is 4.58. The summed E-state index contributed by atoms with van der Waals surface area (Å²) in [6, 6.07) is 10.9. The fourth-order valence-corrected chi connectivity index (χ4v) is 4.42. The third-order valence-corrected chi connectivity index (χ3v) is 6.45. The average Bonchev–Trinajstić information content (AvgIpc) is 2.72. The SMILES string of the molecule is Cc1cc(SCCCNC(=O)C(=O)NCCCSc2ccc(O)c(C)c2)ccc1O. The second kappa shape index (κ2) is 12.4. The predicted octanol–water partition coefficient (Wildman–Crippen LogP) is 3.61. The van der Waals surface area contributed by atoms with Gasteiger partial charge in [0.15, 0.2) is 0 Å². The Kier molecular flexibility index (Phi) is 9.89. The van der Waals surface area contributed by atoms with Crippen molar-refractivity contribution in [1.29, 1.82) is 0 Å². The van der Waals surface area contributed by atoms with Crippen molar-refractivity contribution in [2.24, 2.45) is 0 Å². The Hall–Kier alpha value is -2.32. The number of aryl methyl sites for hydroxylation is 2. The van der Waals surface area contributed by atoms with Crippen LogP contribution in [0.1, 0.15) is 24.0 Å². The summed E-state index contributed by atoms with van der Waals surface area (Å²) < 4.78 is 0. The Labute approximate surface area is 185 Å². The van der Waals surface area contributed by atoms with Gasteiger partial charge in [-0.1, -0.05) is 0 Å². The molecule has 2 aromatic carbocycles. The standard InChI is InChI=1S/C22H28N2O4S2/c1-15-13-17(5-7-19(15)25)29-11-3-9-23-21(27)22(28)24-10-4-12-30-18-6-8-20(26)16(2)14-18/h5-8,13-14,25-26H,3-4,9-12H2,1-2H3,(H,23,27)(H,24,28). The van der Waals surface area contributed by atoms with E-state index in [1.54, 1.807) is 35.7 Å². The van der Waals surface area contributed by atoms with Gasteiger partial charge in [0.1, 0.15) is 11.5 Å². The van der Waals surface area contributed by atoms with Crippen molar-refractivity contribution < 1.29 is 19.8 Å². The van der Waals surface area contributed by atoms with E-state index in [4.69, 9.17) is 0 Å². The molecule has 0 bridgehead atoms. The van der Waals surface area contributed by atoms with Gasteiger partial charge in [-0.2, -0.15) is 0 Å². The molecule has 0 saturated heterocycles. The number of amides is 2. The molecule has 2 amide bonds. The molecule has 0 spiro atoms. The van der Waals surface area contributed by atoms with E-state index in [0.29, 0.717) is 13.1 Å². The molecule has 0 saturated carbocycles. The van der Waals surface area contributed by atoms with Gasteiger partial charge in [0.25, 0.3) is 0 Å². The molecule has 30 heavy (non-hydrogen) atoms. The summed E-state index contributed by atoms with van der Waals surface area (Å²) in [4.78, 5) is 25.8. The number of phenols is 2. The van der Waals surface area contributed by atoms with E-state index in [1.807, 2.05) is 38.1 Å². The van der Waals surface area contributed by atoms with Crippen LogP contribution in [0.4, 0.5) is 0 Å². The monoisotopic (exact) mass is 448 g/mol. The first-order valence-corrected chi connectivity index (χ1v) is 11.7. The van der Waals surface area contributed by atoms with Crippen LogP contribution in [0, 0.1) is 13.8 Å². The van der Waals surface area contributed by atoms with E-state index < -0.39 is 11.8 Å². The molecule has 0 aliphatic rings. The lowest BCUT2D eigenvalue weighted by Crippen LogP contribution is -2.40. The van der Waals surface area contributed by atoms with Crippen LogP contribution < -0.4 is 10.6 Å². The number of aromatic hydroxyl groups is 2. The molecule has 0 atom stereocenters. The minimum Gasteiger partial charge on any atom is -0.508 e. The normalized spacial score (nSPS) is 10.6. The van der Waals surface area contributed by atoms with Crippen LogP contribution in [-0.4, -0.2) is 46.6 Å². The zero-order valence-electron chi connectivity index (χ0n) is 17.2. The van der Waals surface area contributed by atoms with E-state index in [-0.39, 0.29) is 11.5 Å². The number of nitrogens with one attached hydrogen (secondary N) is 2. The fourth-order valence-electron chi connectivity index (χ4n) is 2.52. The molecule has 0 radical (unpaired) electrons. The van der Waals surface area contributed by atoms with E-state index >= 15 is 0 Å². The summed E-state index contributed by atoms with van der Waals surface area (Å²) in [6.07, 6.45) is 1.48. The summed E-state index contributed by atoms with van der Waals surface area (Å²) >= 11 is 3.29. The van der Waals surface area contributed by atoms with Crippen molar-refractivity contribution in [3.05, 3.63) is 47.5 Å². The first kappa shape index (κ1) is 24.0. The number of thioether (sulfide) groups is 2. The number of carbonyl (C=O) groups is 2. The van der Waals surface area contributed by atoms with Gasteiger partial charge in [0.05, 0.1) is 0 Å². The molecule has 8 heteroatoms. The van der Waals surface area contributed by atoms with E-state index in [2.05, 4.69) is 10.6 Å². The Morgan fingerprint density at radius 3 is 1.53 bits per heavy atom. The molecular formula is C22H28N2O4S2. The van der Waals surface area contributed by atoms with Gasteiger partial charge in [-0.05, 0) is 85.7 Å². The lowest BCUT2D eigenvalue weighted by Gasteiger charge is -2.07. The van der Waals surface area contributed by atoms with Crippen LogP contribution in [0.2, 0.25) is 0 Å². The van der Waals surface area contributed by atoms with Crippen LogP contribution in [0.25, 0.3) is 0 Å². The van der Waals surface area contributed by atoms with Gasteiger partial charge in [-0.3, -0.25) is 9.59 Å². The van der Waals surface area contributed by atoms with Crippen LogP contribution in [0.3, 0.4) is 0 Å². The van der Waals surface area contributed by atoms with E-state index in [9.17, 15) is 19.8 Å². The van der Waals surface area contributed by atoms with Crippen molar-refractivity contribution in [2.45, 2.75) is 36.5 Å². The van der Waals surface area contributed by atoms with Crippen molar-refractivity contribution in [2.75, 3.05) is 24.6 Å². The maximum Gasteiger partial charge on any atom is 0.309 e. The van der Waals surface area contributed by atoms with E-state index in [1.165, 1.54) is 0 Å². The molecule has 162 valence electrons. The molecule has 4 N–H and O–H groups in total. The number of hydrogen-bond donors (Lipinski definition) is 4. The van der Waals surface area contributed by atoms with Crippen LogP contribution >= 0.6 is 23.5 Å². The minimum atomic E-state index is -0.609. The number of phenolic OH excluding ortho intramolecular Hbond substituents is 2. The smallest absolute Gasteiger partial charge is 0.309 e. The zero-order chi connectivity index (χ0) is 21.9. The van der Waals surface area contributed by atoms with Crippen molar-refractivity contribution in [3.8, 4) is 11.5 Å². The zero-order valence-corrected chi connectivity index (χ0v) is 18.9. The highest BCUT2D eigenvalue weighted by molar-refractivity contribution is 7.99. The summed E-state index contributed by atoms with van der Waals surface area (Å²) in [5, 5.41) is 24.3. The number of hydrogen-bond acceptors (Lipinski definition) is 6. The molecule has 0 fully saturated rings. The van der Waals surface area contributed by atoms with Crippen LogP contribution in [0.15, 0.2) is 46.2 Å². The van der Waals surface area contributed by atoms with Crippen molar-refractivity contribution in [3.63, 3.8) is 0 Å². The Morgan fingerprint density at radius 1 is 0.767 bits per heavy atom. The second-order valence-electron chi connectivity index (χ2n) is 6.81. The Morgan fingerprint density at radius 2 is 1.17 bits per heavy atom. The van der Waals surface area contributed by atoms with Gasteiger partial charge >= 0.3 is 11.8 Å². The third-order valence-electron chi connectivity index (χ3n) is 4.29. The fraction of sp³-hybridized carbons (Fsp3) is 0.364. The van der Waals surface area contributed by atoms with Gasteiger partial charge in [-0.25, -0.2) is 0 Å². The molecule has 0 aromatic heterocycles. The maximum atomic E-state index is 11.8. The van der Waals surface area contributed by atoms with E-state index in [0.717, 1.165) is 45.3 Å². The summed E-state index contributed by atoms with van der Waals surface area (Å²) in [5.41, 5.74) is 1.67.